The molecule has 0 saturated heterocycles. The van der Waals surface area contributed by atoms with Crippen molar-refractivity contribution >= 4 is 0 Å². The highest BCUT2D eigenvalue weighted by Gasteiger charge is 2.11. The van der Waals surface area contributed by atoms with Gasteiger partial charge in [0.15, 0.2) is 0 Å². The highest BCUT2D eigenvalue weighted by Crippen LogP contribution is 2.25. The largest absolute Gasteiger partial charge is 0.487 e. The molecule has 1 atom stereocenters. The maximum absolute atomic E-state index is 5.78. The molecular formula is C13H17N3O2. The van der Waals surface area contributed by atoms with Crippen molar-refractivity contribution in [2.45, 2.75) is 26.5 Å². The Bertz CT molecular complexity index is 510. The first-order valence-corrected chi connectivity index (χ1v) is 5.89. The summed E-state index contributed by atoms with van der Waals surface area (Å²) >= 11 is 0. The van der Waals surface area contributed by atoms with Crippen LogP contribution in [0.15, 0.2) is 28.9 Å². The summed E-state index contributed by atoms with van der Waals surface area (Å²) < 4.78 is 10.4. The number of benzene rings is 1. The molecule has 5 nitrogen and oxygen atoms in total. The minimum absolute atomic E-state index is 0.234. The van der Waals surface area contributed by atoms with E-state index < -0.39 is 0 Å². The molecule has 0 aliphatic carbocycles. The van der Waals surface area contributed by atoms with Gasteiger partial charge in [-0.25, -0.2) is 4.63 Å². The van der Waals surface area contributed by atoms with Crippen LogP contribution in [0, 0.1) is 6.92 Å². The van der Waals surface area contributed by atoms with Crippen molar-refractivity contribution in [1.29, 1.82) is 0 Å². The summed E-state index contributed by atoms with van der Waals surface area (Å²) in [6.45, 7) is 4.30. The minimum Gasteiger partial charge on any atom is -0.487 e. The van der Waals surface area contributed by atoms with E-state index in [-0.39, 0.29) is 6.04 Å². The quantitative estimate of drug-likeness (QED) is 0.878. The number of para-hydroxylation sites is 1. The van der Waals surface area contributed by atoms with Crippen LogP contribution >= 0.6 is 0 Å². The fourth-order valence-electron chi connectivity index (χ4n) is 1.65. The van der Waals surface area contributed by atoms with Crippen LogP contribution < -0.4 is 10.1 Å². The van der Waals surface area contributed by atoms with E-state index in [0.717, 1.165) is 22.7 Å². The lowest BCUT2D eigenvalue weighted by molar-refractivity contribution is 0.267. The van der Waals surface area contributed by atoms with E-state index in [2.05, 4.69) is 27.2 Å². The number of nitrogens with zero attached hydrogens (tertiary/aromatic N) is 2. The molecule has 5 heteroatoms. The van der Waals surface area contributed by atoms with Crippen molar-refractivity contribution < 1.29 is 9.37 Å². The Morgan fingerprint density at radius 2 is 2.11 bits per heavy atom. The summed E-state index contributed by atoms with van der Waals surface area (Å²) in [4.78, 5) is 0. The second-order valence-corrected chi connectivity index (χ2v) is 4.13. The monoisotopic (exact) mass is 247 g/mol. The third-order valence-electron chi connectivity index (χ3n) is 2.93. The molecule has 1 N–H and O–H groups in total. The van der Waals surface area contributed by atoms with Gasteiger partial charge in [0.2, 0.25) is 0 Å². The Hall–Kier alpha value is -1.88. The molecule has 96 valence electrons. The van der Waals surface area contributed by atoms with Crippen LogP contribution in [0.5, 0.6) is 5.75 Å². The van der Waals surface area contributed by atoms with Crippen LogP contribution in [0.2, 0.25) is 0 Å². The van der Waals surface area contributed by atoms with E-state index in [4.69, 9.17) is 4.74 Å². The molecule has 0 spiro atoms. The van der Waals surface area contributed by atoms with E-state index in [1.54, 1.807) is 0 Å². The first-order valence-electron chi connectivity index (χ1n) is 5.89. The molecule has 18 heavy (non-hydrogen) atoms. The number of rotatable bonds is 5. The standard InChI is InChI=1S/C13H17N3O2/c1-9(14-3)11-6-4-5-7-13(11)17-8-12-10(2)15-18-16-12/h4-7,9,14H,8H2,1-3H3. The average molecular weight is 247 g/mol. The molecule has 2 aromatic rings. The maximum Gasteiger partial charge on any atom is 0.145 e. The van der Waals surface area contributed by atoms with Crippen LogP contribution in [0.1, 0.15) is 29.9 Å². The average Bonchev–Trinajstić information content (AvgIpc) is 2.81. The van der Waals surface area contributed by atoms with E-state index in [1.165, 1.54) is 0 Å². The summed E-state index contributed by atoms with van der Waals surface area (Å²) in [7, 11) is 1.92. The van der Waals surface area contributed by atoms with Gasteiger partial charge in [0.1, 0.15) is 23.7 Å². The molecular weight excluding hydrogens is 230 g/mol. The lowest BCUT2D eigenvalue weighted by atomic mass is 10.1. The fourth-order valence-corrected chi connectivity index (χ4v) is 1.65. The topological polar surface area (TPSA) is 60.2 Å². The molecule has 0 bridgehead atoms. The smallest absolute Gasteiger partial charge is 0.145 e. The molecule has 0 aliphatic rings. The predicted octanol–water partition coefficient (Wildman–Crippen LogP) is 2.24. The van der Waals surface area contributed by atoms with Crippen molar-refractivity contribution in [3.05, 3.63) is 41.2 Å². The van der Waals surface area contributed by atoms with Gasteiger partial charge < -0.3 is 10.1 Å². The molecule has 0 aliphatic heterocycles. The second kappa shape index (κ2) is 5.64. The van der Waals surface area contributed by atoms with Gasteiger partial charge in [0, 0.05) is 11.6 Å². The van der Waals surface area contributed by atoms with Gasteiger partial charge >= 0.3 is 0 Å². The minimum atomic E-state index is 0.234. The molecule has 1 heterocycles. The van der Waals surface area contributed by atoms with Gasteiger partial charge in [-0.2, -0.15) is 0 Å². The van der Waals surface area contributed by atoms with Crippen molar-refractivity contribution in [3.63, 3.8) is 0 Å². The van der Waals surface area contributed by atoms with Crippen LogP contribution in [0.25, 0.3) is 0 Å². The summed E-state index contributed by atoms with van der Waals surface area (Å²) in [5.74, 6) is 0.849. The summed E-state index contributed by atoms with van der Waals surface area (Å²) in [5, 5.41) is 10.7. The van der Waals surface area contributed by atoms with Crippen molar-refractivity contribution in [3.8, 4) is 5.75 Å². The Morgan fingerprint density at radius 3 is 2.78 bits per heavy atom. The number of aromatic nitrogens is 2. The second-order valence-electron chi connectivity index (χ2n) is 4.13. The van der Waals surface area contributed by atoms with Gasteiger partial charge in [-0.15, -0.1) is 0 Å². The zero-order valence-electron chi connectivity index (χ0n) is 10.8. The zero-order valence-corrected chi connectivity index (χ0v) is 10.8. The molecule has 0 fully saturated rings. The van der Waals surface area contributed by atoms with Crippen molar-refractivity contribution in [1.82, 2.24) is 15.6 Å². The maximum atomic E-state index is 5.78. The van der Waals surface area contributed by atoms with Crippen LogP contribution in [0.4, 0.5) is 0 Å². The Kier molecular flexibility index (Phi) is 3.94. The predicted molar refractivity (Wildman–Crippen MR) is 67.3 cm³/mol. The number of ether oxygens (including phenoxy) is 1. The summed E-state index contributed by atoms with van der Waals surface area (Å²) in [6.07, 6.45) is 0. The number of hydrogen-bond acceptors (Lipinski definition) is 5. The molecule has 1 aromatic carbocycles. The number of hydrogen-bond donors (Lipinski definition) is 1. The van der Waals surface area contributed by atoms with Crippen LogP contribution in [-0.2, 0) is 6.61 Å². The molecule has 0 saturated carbocycles. The molecule has 0 amide bonds. The highest BCUT2D eigenvalue weighted by molar-refractivity contribution is 5.35. The van der Waals surface area contributed by atoms with E-state index >= 15 is 0 Å². The van der Waals surface area contributed by atoms with Gasteiger partial charge in [-0.1, -0.05) is 28.5 Å². The third kappa shape index (κ3) is 2.68. The normalized spacial score (nSPS) is 12.4. The molecule has 1 unspecified atom stereocenters. The highest BCUT2D eigenvalue weighted by atomic mass is 16.6. The first-order chi connectivity index (χ1) is 8.72. The molecule has 1 aromatic heterocycles. The van der Waals surface area contributed by atoms with E-state index in [1.807, 2.05) is 38.2 Å². The Labute approximate surface area is 106 Å². The summed E-state index contributed by atoms with van der Waals surface area (Å²) in [6, 6.07) is 8.18. The van der Waals surface area contributed by atoms with E-state index in [0.29, 0.717) is 6.61 Å². The van der Waals surface area contributed by atoms with Gasteiger partial charge in [0.05, 0.1) is 0 Å². The van der Waals surface area contributed by atoms with Gasteiger partial charge in [-0.05, 0) is 27.0 Å². The molecule has 0 radical (unpaired) electrons. The van der Waals surface area contributed by atoms with Crippen LogP contribution in [0.3, 0.4) is 0 Å². The lowest BCUT2D eigenvalue weighted by Crippen LogP contribution is -2.13. The number of aryl methyl sites for hydroxylation is 1. The van der Waals surface area contributed by atoms with Gasteiger partial charge in [-0.3, -0.25) is 0 Å². The Balaban J connectivity index is 2.12. The van der Waals surface area contributed by atoms with E-state index in [9.17, 15) is 0 Å². The zero-order chi connectivity index (χ0) is 13.0. The first kappa shape index (κ1) is 12.6. The number of nitrogens with one attached hydrogen (secondary N) is 1. The lowest BCUT2D eigenvalue weighted by Gasteiger charge is -2.15. The van der Waals surface area contributed by atoms with Gasteiger partial charge in [0.25, 0.3) is 0 Å². The molecule has 2 rings (SSSR count). The fraction of sp³-hybridized carbons (Fsp3) is 0.385. The summed E-state index contributed by atoms with van der Waals surface area (Å²) in [5.41, 5.74) is 2.60. The third-order valence-corrected chi connectivity index (χ3v) is 2.93. The van der Waals surface area contributed by atoms with Crippen LogP contribution in [-0.4, -0.2) is 17.4 Å². The Morgan fingerprint density at radius 1 is 1.33 bits per heavy atom. The van der Waals surface area contributed by atoms with Crippen molar-refractivity contribution in [2.24, 2.45) is 0 Å². The van der Waals surface area contributed by atoms with Crippen molar-refractivity contribution in [2.75, 3.05) is 7.05 Å². The SMILES string of the molecule is CNC(C)c1ccccc1OCc1nonc1C.